The SMILES string of the molecule is C=C(CC1CC(=O)C2CCCCC2C(=O)O1)C(=O)O. The maximum Gasteiger partial charge on any atom is 0.331 e. The number of ether oxygens (including phenoxy) is 1. The van der Waals surface area contributed by atoms with Crippen LogP contribution in [0.4, 0.5) is 0 Å². The van der Waals surface area contributed by atoms with Gasteiger partial charge < -0.3 is 9.84 Å². The summed E-state index contributed by atoms with van der Waals surface area (Å²) in [6.07, 6.45) is 2.80. The number of Topliss-reactive ketones (excluding diaryl/α,β-unsaturated/α-hetero) is 1. The third kappa shape index (κ3) is 3.03. The van der Waals surface area contributed by atoms with Crippen molar-refractivity contribution in [3.8, 4) is 0 Å². The van der Waals surface area contributed by atoms with Crippen LogP contribution in [0.3, 0.4) is 0 Å². The molecule has 2 aliphatic rings. The second kappa shape index (κ2) is 5.55. The van der Waals surface area contributed by atoms with E-state index in [1.165, 1.54) is 0 Å². The molecule has 2 rings (SSSR count). The Morgan fingerprint density at radius 1 is 1.26 bits per heavy atom. The van der Waals surface area contributed by atoms with Gasteiger partial charge in [-0.05, 0) is 12.8 Å². The van der Waals surface area contributed by atoms with Gasteiger partial charge in [0, 0.05) is 24.3 Å². The molecular formula is C14H18O5. The van der Waals surface area contributed by atoms with Crippen molar-refractivity contribution in [3.05, 3.63) is 12.2 Å². The van der Waals surface area contributed by atoms with E-state index in [2.05, 4.69) is 6.58 Å². The molecule has 1 heterocycles. The van der Waals surface area contributed by atoms with E-state index < -0.39 is 12.1 Å². The zero-order valence-electron chi connectivity index (χ0n) is 10.8. The number of hydrogen-bond donors (Lipinski definition) is 1. The molecule has 104 valence electrons. The first-order chi connectivity index (χ1) is 8.99. The van der Waals surface area contributed by atoms with E-state index >= 15 is 0 Å². The Hall–Kier alpha value is -1.65. The van der Waals surface area contributed by atoms with Crippen molar-refractivity contribution in [3.63, 3.8) is 0 Å². The van der Waals surface area contributed by atoms with Gasteiger partial charge in [0.1, 0.15) is 11.9 Å². The molecule has 0 spiro atoms. The fraction of sp³-hybridized carbons (Fsp3) is 0.643. The number of rotatable bonds is 3. The van der Waals surface area contributed by atoms with Gasteiger partial charge in [-0.3, -0.25) is 9.59 Å². The highest BCUT2D eigenvalue weighted by atomic mass is 16.5. The van der Waals surface area contributed by atoms with Crippen LogP contribution in [0, 0.1) is 11.8 Å². The fourth-order valence-electron chi connectivity index (χ4n) is 2.94. The summed E-state index contributed by atoms with van der Waals surface area (Å²) in [5, 5.41) is 8.80. The Kier molecular flexibility index (Phi) is 4.02. The van der Waals surface area contributed by atoms with Crippen LogP contribution in [0.25, 0.3) is 0 Å². The lowest BCUT2D eigenvalue weighted by atomic mass is 9.76. The average Bonchev–Trinajstić information content (AvgIpc) is 2.48. The van der Waals surface area contributed by atoms with E-state index in [0.29, 0.717) is 6.42 Å². The molecule has 0 radical (unpaired) electrons. The summed E-state index contributed by atoms with van der Waals surface area (Å²) in [5.74, 6) is -2.00. The number of carboxylic acid groups (broad SMARTS) is 1. The maximum absolute atomic E-state index is 12.1. The number of cyclic esters (lactones) is 1. The molecule has 1 saturated heterocycles. The number of esters is 1. The predicted molar refractivity (Wildman–Crippen MR) is 66.3 cm³/mol. The van der Waals surface area contributed by atoms with Crippen LogP contribution in [-0.4, -0.2) is 28.9 Å². The molecule has 2 fully saturated rings. The molecule has 0 aromatic heterocycles. The number of carboxylic acids is 1. The van der Waals surface area contributed by atoms with Gasteiger partial charge in [0.25, 0.3) is 0 Å². The molecule has 0 amide bonds. The van der Waals surface area contributed by atoms with Crippen LogP contribution >= 0.6 is 0 Å². The summed E-state index contributed by atoms with van der Waals surface area (Å²) in [6.45, 7) is 3.42. The van der Waals surface area contributed by atoms with Crippen LogP contribution in [0.1, 0.15) is 38.5 Å². The highest BCUT2D eigenvalue weighted by Crippen LogP contribution is 2.36. The summed E-state index contributed by atoms with van der Waals surface area (Å²) in [7, 11) is 0. The number of ketones is 1. The zero-order valence-corrected chi connectivity index (χ0v) is 10.8. The second-order valence-corrected chi connectivity index (χ2v) is 5.34. The van der Waals surface area contributed by atoms with Crippen molar-refractivity contribution >= 4 is 17.7 Å². The molecule has 3 unspecified atom stereocenters. The molecule has 1 aliphatic heterocycles. The summed E-state index contributed by atoms with van der Waals surface area (Å²) in [4.78, 5) is 34.9. The molecule has 5 heteroatoms. The van der Waals surface area contributed by atoms with Gasteiger partial charge >= 0.3 is 11.9 Å². The monoisotopic (exact) mass is 266 g/mol. The summed E-state index contributed by atoms with van der Waals surface area (Å²) in [6, 6.07) is 0. The van der Waals surface area contributed by atoms with E-state index in [1.807, 2.05) is 0 Å². The standard InChI is InChI=1S/C14H18O5/c1-8(13(16)17)6-9-7-12(15)10-4-2-3-5-11(10)14(18)19-9/h9-11H,1-7H2,(H,16,17). The summed E-state index contributed by atoms with van der Waals surface area (Å²) < 4.78 is 5.29. The fourth-order valence-corrected chi connectivity index (χ4v) is 2.94. The maximum atomic E-state index is 12.1. The Morgan fingerprint density at radius 2 is 1.89 bits per heavy atom. The van der Waals surface area contributed by atoms with E-state index in [-0.39, 0.29) is 42.0 Å². The van der Waals surface area contributed by atoms with Crippen LogP contribution in [-0.2, 0) is 19.1 Å². The lowest BCUT2D eigenvalue weighted by Gasteiger charge is -2.25. The lowest BCUT2D eigenvalue weighted by molar-refractivity contribution is -0.155. The highest BCUT2D eigenvalue weighted by Gasteiger charge is 2.41. The first kappa shape index (κ1) is 13.8. The van der Waals surface area contributed by atoms with E-state index in [1.54, 1.807) is 0 Å². The van der Waals surface area contributed by atoms with Crippen molar-refractivity contribution in [1.29, 1.82) is 0 Å². The number of carbonyl (C=O) groups excluding carboxylic acids is 2. The molecule has 0 aromatic carbocycles. The van der Waals surface area contributed by atoms with Gasteiger partial charge in [0.2, 0.25) is 0 Å². The summed E-state index contributed by atoms with van der Waals surface area (Å²) >= 11 is 0. The van der Waals surface area contributed by atoms with Gasteiger partial charge in [0.05, 0.1) is 5.92 Å². The van der Waals surface area contributed by atoms with E-state index in [0.717, 1.165) is 19.3 Å². The van der Waals surface area contributed by atoms with Crippen LogP contribution in [0.15, 0.2) is 12.2 Å². The average molecular weight is 266 g/mol. The van der Waals surface area contributed by atoms with Gasteiger partial charge in [-0.2, -0.15) is 0 Å². The number of fused-ring (bicyclic) bond motifs is 1. The first-order valence-electron chi connectivity index (χ1n) is 6.63. The topological polar surface area (TPSA) is 80.7 Å². The molecule has 0 bridgehead atoms. The van der Waals surface area contributed by atoms with Crippen molar-refractivity contribution in [2.75, 3.05) is 0 Å². The lowest BCUT2D eigenvalue weighted by Crippen LogP contribution is -2.30. The largest absolute Gasteiger partial charge is 0.478 e. The highest BCUT2D eigenvalue weighted by molar-refractivity contribution is 5.90. The van der Waals surface area contributed by atoms with Crippen LogP contribution < -0.4 is 0 Å². The normalized spacial score (nSPS) is 31.1. The van der Waals surface area contributed by atoms with Crippen molar-refractivity contribution in [1.82, 2.24) is 0 Å². The molecule has 5 nitrogen and oxygen atoms in total. The molecule has 3 atom stereocenters. The molecular weight excluding hydrogens is 248 g/mol. The minimum atomic E-state index is -1.12. The van der Waals surface area contributed by atoms with Gasteiger partial charge in [-0.1, -0.05) is 19.4 Å². The minimum absolute atomic E-state index is 0.0201. The van der Waals surface area contributed by atoms with Crippen molar-refractivity contribution in [2.45, 2.75) is 44.6 Å². The Morgan fingerprint density at radius 3 is 2.53 bits per heavy atom. The third-order valence-electron chi connectivity index (χ3n) is 3.97. The molecule has 19 heavy (non-hydrogen) atoms. The van der Waals surface area contributed by atoms with Crippen molar-refractivity contribution in [2.24, 2.45) is 11.8 Å². The molecule has 1 saturated carbocycles. The first-order valence-corrected chi connectivity index (χ1v) is 6.63. The Balaban J connectivity index is 2.09. The Bertz CT molecular complexity index is 400. The van der Waals surface area contributed by atoms with Crippen LogP contribution in [0.2, 0.25) is 0 Å². The quantitative estimate of drug-likeness (QED) is 0.621. The number of carbonyl (C=O) groups is 3. The predicted octanol–water partition coefficient (Wildman–Crippen LogP) is 1.71. The number of aliphatic carboxylic acids is 1. The van der Waals surface area contributed by atoms with E-state index in [4.69, 9.17) is 9.84 Å². The molecule has 1 aliphatic carbocycles. The minimum Gasteiger partial charge on any atom is -0.478 e. The molecule has 0 aromatic rings. The van der Waals surface area contributed by atoms with Gasteiger partial charge in [-0.25, -0.2) is 4.79 Å². The molecule has 1 N–H and O–H groups in total. The third-order valence-corrected chi connectivity index (χ3v) is 3.97. The van der Waals surface area contributed by atoms with Gasteiger partial charge in [0.15, 0.2) is 0 Å². The number of hydrogen-bond acceptors (Lipinski definition) is 4. The summed E-state index contributed by atoms with van der Waals surface area (Å²) in [5.41, 5.74) is -0.0320. The van der Waals surface area contributed by atoms with E-state index in [9.17, 15) is 14.4 Å². The zero-order chi connectivity index (χ0) is 14.0. The Labute approximate surface area is 111 Å². The van der Waals surface area contributed by atoms with Crippen molar-refractivity contribution < 1.29 is 24.2 Å². The second-order valence-electron chi connectivity index (χ2n) is 5.34. The van der Waals surface area contributed by atoms with Gasteiger partial charge in [-0.15, -0.1) is 0 Å². The smallest absolute Gasteiger partial charge is 0.331 e. The van der Waals surface area contributed by atoms with Crippen LogP contribution in [0.5, 0.6) is 0 Å².